The largest absolute Gasteiger partial charge is 0.482 e. The number of hydrogen-bond acceptors (Lipinski definition) is 6. The molecule has 4 N–H and O–H groups in total. The fraction of sp³-hybridized carbons (Fsp3) is 0.222. The molecule has 2 aromatic rings. The highest BCUT2D eigenvalue weighted by molar-refractivity contribution is 5.68. The lowest BCUT2D eigenvalue weighted by Crippen LogP contribution is -2.09. The summed E-state index contributed by atoms with van der Waals surface area (Å²) in [6.07, 6.45) is 0. The van der Waals surface area contributed by atoms with Crippen molar-refractivity contribution in [2.24, 2.45) is 0 Å². The Labute approximate surface area is 149 Å². The van der Waals surface area contributed by atoms with Crippen LogP contribution in [0, 0.1) is 0 Å². The Bertz CT molecular complexity index is 618. The fourth-order valence-electron chi connectivity index (χ4n) is 1.67. The van der Waals surface area contributed by atoms with Gasteiger partial charge in [-0.15, -0.1) is 0 Å². The zero-order chi connectivity index (χ0) is 19.4. The van der Waals surface area contributed by atoms with Crippen LogP contribution in [0.4, 0.5) is 0 Å². The molecule has 0 amide bonds. The van der Waals surface area contributed by atoms with Crippen molar-refractivity contribution in [3.05, 3.63) is 59.7 Å². The highest BCUT2D eigenvalue weighted by Gasteiger charge is 1.99. The first-order valence-electron chi connectivity index (χ1n) is 7.53. The molecule has 0 bridgehead atoms. The summed E-state index contributed by atoms with van der Waals surface area (Å²) in [4.78, 5) is 20.3. The number of aliphatic hydroxyl groups excluding tert-OH is 2. The Morgan fingerprint density at radius 3 is 1.19 bits per heavy atom. The minimum Gasteiger partial charge on any atom is -0.482 e. The van der Waals surface area contributed by atoms with Gasteiger partial charge in [0, 0.05) is 0 Å². The molecular weight excluding hydrogens is 344 g/mol. The number of hydrogen-bond donors (Lipinski definition) is 4. The minimum absolute atomic E-state index is 0.0286. The van der Waals surface area contributed by atoms with Gasteiger partial charge in [0.25, 0.3) is 0 Å². The summed E-state index contributed by atoms with van der Waals surface area (Å²) in [7, 11) is 0. The predicted octanol–water partition coefficient (Wildman–Crippen LogP) is 1.28. The van der Waals surface area contributed by atoms with Crippen LogP contribution in [0.1, 0.15) is 11.1 Å². The SMILES string of the molecule is O=C(O)COc1ccc(CO)cc1.O=C(O)COc1ccc(CO)cc1. The van der Waals surface area contributed by atoms with E-state index in [0.29, 0.717) is 11.5 Å². The van der Waals surface area contributed by atoms with E-state index in [-0.39, 0.29) is 26.4 Å². The molecule has 0 aromatic heterocycles. The molecule has 0 atom stereocenters. The van der Waals surface area contributed by atoms with Crippen molar-refractivity contribution in [1.82, 2.24) is 0 Å². The van der Waals surface area contributed by atoms with Gasteiger partial charge in [0.05, 0.1) is 13.2 Å². The van der Waals surface area contributed by atoms with Gasteiger partial charge in [-0.05, 0) is 35.4 Å². The molecule has 0 heterocycles. The molecule has 8 heteroatoms. The number of ether oxygens (including phenoxy) is 2. The number of aliphatic carboxylic acids is 2. The first-order chi connectivity index (χ1) is 12.4. The smallest absolute Gasteiger partial charge is 0.341 e. The number of benzene rings is 2. The first-order valence-corrected chi connectivity index (χ1v) is 7.53. The lowest BCUT2D eigenvalue weighted by molar-refractivity contribution is -0.140. The highest BCUT2D eigenvalue weighted by Crippen LogP contribution is 2.12. The summed E-state index contributed by atoms with van der Waals surface area (Å²) in [6, 6.07) is 13.2. The van der Waals surface area contributed by atoms with Gasteiger partial charge in [-0.1, -0.05) is 24.3 Å². The maximum atomic E-state index is 10.1. The van der Waals surface area contributed by atoms with E-state index < -0.39 is 11.9 Å². The molecule has 2 aromatic carbocycles. The topological polar surface area (TPSA) is 134 Å². The third kappa shape index (κ3) is 8.67. The molecule has 0 saturated carbocycles. The van der Waals surface area contributed by atoms with Crippen molar-refractivity contribution in [1.29, 1.82) is 0 Å². The fourth-order valence-corrected chi connectivity index (χ4v) is 1.67. The first kappa shape index (κ1) is 20.9. The lowest BCUT2D eigenvalue weighted by atomic mass is 10.2. The van der Waals surface area contributed by atoms with Crippen molar-refractivity contribution in [3.63, 3.8) is 0 Å². The second-order valence-electron chi connectivity index (χ2n) is 4.97. The summed E-state index contributed by atoms with van der Waals surface area (Å²) in [6.45, 7) is -0.755. The molecule has 26 heavy (non-hydrogen) atoms. The van der Waals surface area contributed by atoms with Crippen LogP contribution >= 0.6 is 0 Å². The summed E-state index contributed by atoms with van der Waals surface area (Å²) < 4.78 is 9.77. The number of aliphatic hydroxyl groups is 2. The van der Waals surface area contributed by atoms with Gasteiger partial charge >= 0.3 is 11.9 Å². The Balaban J connectivity index is 0.000000260. The quantitative estimate of drug-likeness (QED) is 0.550. The van der Waals surface area contributed by atoms with Crippen LogP contribution in [0.2, 0.25) is 0 Å². The van der Waals surface area contributed by atoms with E-state index in [1.807, 2.05) is 0 Å². The van der Waals surface area contributed by atoms with Crippen LogP contribution in [0.15, 0.2) is 48.5 Å². The summed E-state index contributed by atoms with van der Waals surface area (Å²) in [5.74, 6) is -1.04. The lowest BCUT2D eigenvalue weighted by Gasteiger charge is -2.02. The average molecular weight is 364 g/mol. The monoisotopic (exact) mass is 364 g/mol. The van der Waals surface area contributed by atoms with Crippen LogP contribution < -0.4 is 9.47 Å². The van der Waals surface area contributed by atoms with Crippen LogP contribution in [0.5, 0.6) is 11.5 Å². The predicted molar refractivity (Wildman–Crippen MR) is 91.0 cm³/mol. The molecule has 2 rings (SSSR count). The molecule has 0 unspecified atom stereocenters. The van der Waals surface area contributed by atoms with Gasteiger partial charge in [-0.3, -0.25) is 0 Å². The Hall–Kier alpha value is -3.10. The zero-order valence-corrected chi connectivity index (χ0v) is 13.9. The van der Waals surface area contributed by atoms with E-state index in [1.54, 1.807) is 48.5 Å². The van der Waals surface area contributed by atoms with Crippen LogP contribution in [-0.4, -0.2) is 45.6 Å². The number of carboxylic acid groups (broad SMARTS) is 2. The minimum atomic E-state index is -1.01. The van der Waals surface area contributed by atoms with E-state index in [4.69, 9.17) is 29.9 Å². The Morgan fingerprint density at radius 1 is 0.654 bits per heavy atom. The van der Waals surface area contributed by atoms with Gasteiger partial charge in [0.15, 0.2) is 13.2 Å². The maximum absolute atomic E-state index is 10.1. The van der Waals surface area contributed by atoms with E-state index in [2.05, 4.69) is 0 Å². The van der Waals surface area contributed by atoms with Crippen molar-refractivity contribution in [2.45, 2.75) is 13.2 Å². The molecule has 0 radical (unpaired) electrons. The number of carboxylic acids is 2. The number of carbonyl (C=O) groups is 2. The van der Waals surface area contributed by atoms with E-state index >= 15 is 0 Å². The van der Waals surface area contributed by atoms with Crippen molar-refractivity contribution in [2.75, 3.05) is 13.2 Å². The summed E-state index contributed by atoms with van der Waals surface area (Å²) >= 11 is 0. The molecule has 0 fully saturated rings. The standard InChI is InChI=1S/2C9H10O4/c2*10-5-7-1-3-8(4-2-7)13-6-9(11)12/h2*1-4,10H,5-6H2,(H,11,12). The molecule has 0 spiro atoms. The second-order valence-corrected chi connectivity index (χ2v) is 4.97. The third-order valence-corrected chi connectivity index (χ3v) is 2.94. The number of rotatable bonds is 8. The van der Waals surface area contributed by atoms with E-state index in [1.165, 1.54) is 0 Å². The normalized spacial score (nSPS) is 9.62. The van der Waals surface area contributed by atoms with Gasteiger partial charge < -0.3 is 29.9 Å². The van der Waals surface area contributed by atoms with Crippen LogP contribution in [0.3, 0.4) is 0 Å². The van der Waals surface area contributed by atoms with Crippen molar-refractivity contribution < 1.29 is 39.5 Å². The van der Waals surface area contributed by atoms with E-state index in [0.717, 1.165) is 11.1 Å². The van der Waals surface area contributed by atoms with Gasteiger partial charge in [-0.25, -0.2) is 9.59 Å². The van der Waals surface area contributed by atoms with Crippen LogP contribution in [-0.2, 0) is 22.8 Å². The van der Waals surface area contributed by atoms with E-state index in [9.17, 15) is 9.59 Å². The second kappa shape index (κ2) is 11.5. The Kier molecular flexibility index (Phi) is 9.23. The molecule has 0 aliphatic rings. The van der Waals surface area contributed by atoms with Gasteiger partial charge in [0.2, 0.25) is 0 Å². The molecule has 0 aliphatic carbocycles. The molecule has 140 valence electrons. The molecule has 8 nitrogen and oxygen atoms in total. The average Bonchev–Trinajstić information content (AvgIpc) is 2.66. The maximum Gasteiger partial charge on any atom is 0.341 e. The molecule has 0 aliphatic heterocycles. The Morgan fingerprint density at radius 2 is 0.962 bits per heavy atom. The molecular formula is C18H20O8. The third-order valence-electron chi connectivity index (χ3n) is 2.94. The van der Waals surface area contributed by atoms with Crippen molar-refractivity contribution in [3.8, 4) is 11.5 Å². The van der Waals surface area contributed by atoms with Gasteiger partial charge in [0.1, 0.15) is 11.5 Å². The van der Waals surface area contributed by atoms with Gasteiger partial charge in [-0.2, -0.15) is 0 Å². The molecule has 0 saturated heterocycles. The summed E-state index contributed by atoms with van der Waals surface area (Å²) in [5, 5.41) is 34.0. The van der Waals surface area contributed by atoms with Crippen LogP contribution in [0.25, 0.3) is 0 Å². The highest BCUT2D eigenvalue weighted by atomic mass is 16.5. The van der Waals surface area contributed by atoms with Crippen molar-refractivity contribution >= 4 is 11.9 Å². The summed E-state index contributed by atoms with van der Waals surface area (Å²) in [5.41, 5.74) is 1.53. The zero-order valence-electron chi connectivity index (χ0n) is 13.9.